The number of aromatic nitrogens is 1. The number of hydrogen-bond donors (Lipinski definition) is 3. The minimum absolute atomic E-state index is 0.0207. The molecular weight excluding hydrogens is 675 g/mol. The first kappa shape index (κ1) is 31.8. The van der Waals surface area contributed by atoms with Crippen LogP contribution in [-0.2, 0) is 9.59 Å². The van der Waals surface area contributed by atoms with E-state index in [1.807, 2.05) is 60.7 Å². The Balaban J connectivity index is 1.08. The smallest absolute Gasteiger partial charge is 0.203 e. The molecule has 2 aliphatic carbocycles. The highest BCUT2D eigenvalue weighted by Crippen LogP contribution is 2.53. The molecule has 51 heavy (non-hydrogen) atoms. The number of Topliss-reactive ketones (excluding diaryl/α,β-unsaturated/α-hetero) is 2. The maximum absolute atomic E-state index is 13.8. The molecule has 0 spiro atoms. The Morgan fingerprint density at radius 3 is 1.43 bits per heavy atom. The minimum Gasteiger partial charge on any atom is -0.506 e. The molecule has 0 saturated carbocycles. The molecule has 4 aromatic carbocycles. The first-order valence-corrected chi connectivity index (χ1v) is 19.1. The summed E-state index contributed by atoms with van der Waals surface area (Å²) in [5.74, 6) is -0.292. The second kappa shape index (κ2) is 12.3. The van der Waals surface area contributed by atoms with Crippen LogP contribution in [0.25, 0.3) is 33.0 Å². The summed E-state index contributed by atoms with van der Waals surface area (Å²) in [5.41, 5.74) is 6.52. The Hall–Kier alpha value is -5.12. The third-order valence-electron chi connectivity index (χ3n) is 10.1. The Bertz CT molecular complexity index is 2320. The second-order valence-corrected chi connectivity index (χ2v) is 15.3. The Morgan fingerprint density at radius 1 is 0.588 bits per heavy atom. The maximum atomic E-state index is 13.8. The number of nitrogens with one attached hydrogen (secondary N) is 1. The lowest BCUT2D eigenvalue weighted by molar-refractivity contribution is -0.112. The molecule has 4 aliphatic rings. The normalized spacial score (nSPS) is 19.8. The number of hydrogen-bond acceptors (Lipinski definition) is 8. The topological polar surface area (TPSA) is 96.9 Å². The summed E-state index contributed by atoms with van der Waals surface area (Å²) in [5, 5.41) is 26.2. The molecule has 0 saturated heterocycles. The highest BCUT2D eigenvalue weighted by atomic mass is 32.2. The van der Waals surface area contributed by atoms with Gasteiger partial charge in [-0.25, -0.2) is 0 Å². The van der Waals surface area contributed by atoms with Crippen molar-refractivity contribution in [3.05, 3.63) is 129 Å². The molecule has 3 heterocycles. The lowest BCUT2D eigenvalue weighted by Gasteiger charge is -2.28. The third kappa shape index (κ3) is 4.82. The first-order valence-electron chi connectivity index (χ1n) is 17.5. The molecule has 0 atom stereocenters. The van der Waals surface area contributed by atoms with Gasteiger partial charge in [0.2, 0.25) is 11.6 Å². The largest absolute Gasteiger partial charge is 0.506 e. The molecule has 1 aromatic heterocycles. The summed E-state index contributed by atoms with van der Waals surface area (Å²) in [6.07, 6.45) is 3.99. The van der Waals surface area contributed by atoms with Crippen molar-refractivity contribution >= 4 is 79.4 Å². The average molecular weight is 710 g/mol. The number of para-hydroxylation sites is 2. The molecule has 2 aliphatic heterocycles. The number of allylic oxidation sites excluding steroid dienone is 4. The summed E-state index contributed by atoms with van der Waals surface area (Å²) in [7, 11) is 0. The summed E-state index contributed by atoms with van der Waals surface area (Å²) < 4.78 is 0. The molecule has 9 rings (SSSR count). The van der Waals surface area contributed by atoms with E-state index >= 15 is 0 Å². The minimum atomic E-state index is -0.167. The van der Waals surface area contributed by atoms with Gasteiger partial charge in [-0.3, -0.25) is 9.59 Å². The Kier molecular flexibility index (Phi) is 7.67. The van der Waals surface area contributed by atoms with Gasteiger partial charge in [-0.15, -0.1) is 0 Å². The molecule has 254 valence electrons. The summed E-state index contributed by atoms with van der Waals surface area (Å²) in [4.78, 5) is 37.6. The van der Waals surface area contributed by atoms with Gasteiger partial charge in [0.15, 0.2) is 0 Å². The number of unbranched alkanes of at least 4 members (excludes halogenated alkanes) is 2. The van der Waals surface area contributed by atoms with Crippen molar-refractivity contribution in [3.8, 4) is 0 Å². The Morgan fingerprint density at radius 2 is 1.02 bits per heavy atom. The number of aliphatic hydroxyl groups excluding tert-OH is 2. The molecule has 5 aromatic rings. The lowest BCUT2D eigenvalue weighted by atomic mass is 9.82. The molecule has 9 heteroatoms. The van der Waals surface area contributed by atoms with Crippen molar-refractivity contribution in [1.29, 1.82) is 0 Å². The second-order valence-electron chi connectivity index (χ2n) is 13.3. The summed E-state index contributed by atoms with van der Waals surface area (Å²) >= 11 is 3.07. The summed E-state index contributed by atoms with van der Waals surface area (Å²) in [6.45, 7) is 5.83. The van der Waals surface area contributed by atoms with E-state index in [1.165, 1.54) is 23.5 Å². The van der Waals surface area contributed by atoms with Gasteiger partial charge in [0.25, 0.3) is 0 Å². The molecule has 0 unspecified atom stereocenters. The van der Waals surface area contributed by atoms with Crippen LogP contribution >= 0.6 is 23.5 Å². The monoisotopic (exact) mass is 709 g/mol. The summed E-state index contributed by atoms with van der Waals surface area (Å²) in [6, 6.07) is 27.6. The number of aliphatic hydroxyl groups is 2. The fourth-order valence-corrected chi connectivity index (χ4v) is 9.92. The number of carbonyl (C=O) groups is 2. The predicted octanol–water partition coefficient (Wildman–Crippen LogP) is 10.3. The van der Waals surface area contributed by atoms with Crippen molar-refractivity contribution in [2.45, 2.75) is 49.3 Å². The molecule has 0 bridgehead atoms. The molecule has 7 nitrogen and oxygen atoms in total. The molecule has 0 amide bonds. The van der Waals surface area contributed by atoms with Crippen molar-refractivity contribution in [3.63, 3.8) is 0 Å². The zero-order valence-electron chi connectivity index (χ0n) is 28.2. The standard InChI is InChI=1S/C42H35N3O4S2/c1-3-5-19-44-29-11-7-9-13-31(29)50-41(44)35-37(46)33(38(35)47)23-15-17-27-25(21-23)26-22-24(16-18-28(26)43-27)34-39(48)36(40(34)49)42-45(20-6-4-2)30-12-8-10-14-32(30)51-42/h7-18,21-22,43,46,48H,3-6,19-20H2,1-2H3. The fourth-order valence-electron chi connectivity index (χ4n) is 7.46. The number of anilines is 2. The van der Waals surface area contributed by atoms with E-state index in [1.54, 1.807) is 0 Å². The number of thioether (sulfide) groups is 2. The van der Waals surface area contributed by atoms with Crippen molar-refractivity contribution < 1.29 is 19.8 Å². The number of H-pyrrole nitrogens is 1. The molecular formula is C42H35N3O4S2. The van der Waals surface area contributed by atoms with E-state index in [4.69, 9.17) is 0 Å². The average Bonchev–Trinajstić information content (AvgIpc) is 3.80. The van der Waals surface area contributed by atoms with Crippen LogP contribution in [0.5, 0.6) is 0 Å². The van der Waals surface area contributed by atoms with Crippen LogP contribution in [0, 0.1) is 0 Å². The van der Waals surface area contributed by atoms with Gasteiger partial charge in [-0.05, 0) is 72.5 Å². The number of carbonyl (C=O) groups excluding carboxylic acids is 2. The third-order valence-corrected chi connectivity index (χ3v) is 12.5. The van der Waals surface area contributed by atoms with Gasteiger partial charge < -0.3 is 25.0 Å². The van der Waals surface area contributed by atoms with Crippen LogP contribution in [0.15, 0.2) is 127 Å². The number of benzene rings is 4. The van der Waals surface area contributed by atoms with E-state index in [0.29, 0.717) is 33.4 Å². The van der Waals surface area contributed by atoms with Crippen LogP contribution < -0.4 is 9.80 Å². The van der Waals surface area contributed by atoms with Crippen LogP contribution in [0.2, 0.25) is 0 Å². The number of nitrogens with zero attached hydrogens (tertiary/aromatic N) is 2. The fraction of sp³-hybridized carbons (Fsp3) is 0.190. The highest BCUT2D eigenvalue weighted by molar-refractivity contribution is 8.04. The SMILES string of the molecule is CCCCN1C(=C2C(=O)C(c3ccc4[nH]c5ccc(C6=C(O)C(=C7Sc8ccccc8N7CCCC)C6=O)cc5c4c3)=C2O)Sc2ccccc21. The van der Waals surface area contributed by atoms with E-state index in [-0.39, 0.29) is 23.1 Å². The quantitative estimate of drug-likeness (QED) is 0.137. The van der Waals surface area contributed by atoms with Crippen molar-refractivity contribution in [1.82, 2.24) is 4.98 Å². The van der Waals surface area contributed by atoms with E-state index in [2.05, 4.69) is 52.9 Å². The molecule has 3 N–H and O–H groups in total. The highest BCUT2D eigenvalue weighted by Gasteiger charge is 2.43. The van der Waals surface area contributed by atoms with Crippen LogP contribution in [-0.4, -0.2) is 39.9 Å². The van der Waals surface area contributed by atoms with E-state index < -0.39 is 0 Å². The van der Waals surface area contributed by atoms with Gasteiger partial charge in [-0.1, -0.05) is 86.6 Å². The van der Waals surface area contributed by atoms with Gasteiger partial charge in [-0.2, -0.15) is 0 Å². The van der Waals surface area contributed by atoms with Crippen molar-refractivity contribution in [2.24, 2.45) is 0 Å². The predicted molar refractivity (Wildman–Crippen MR) is 208 cm³/mol. The van der Waals surface area contributed by atoms with Crippen LogP contribution in [0.4, 0.5) is 11.4 Å². The zero-order chi connectivity index (χ0) is 35.0. The van der Waals surface area contributed by atoms with Gasteiger partial charge in [0, 0.05) is 44.7 Å². The number of ketones is 2. The van der Waals surface area contributed by atoms with Crippen LogP contribution in [0.1, 0.15) is 50.7 Å². The first-order chi connectivity index (χ1) is 24.9. The molecule has 0 radical (unpaired) electrons. The van der Waals surface area contributed by atoms with Gasteiger partial charge >= 0.3 is 0 Å². The van der Waals surface area contributed by atoms with Crippen LogP contribution in [0.3, 0.4) is 0 Å². The lowest BCUT2D eigenvalue weighted by Crippen LogP contribution is -2.28. The number of fused-ring (bicyclic) bond motifs is 5. The zero-order valence-corrected chi connectivity index (χ0v) is 29.9. The number of aromatic amines is 1. The maximum Gasteiger partial charge on any atom is 0.203 e. The van der Waals surface area contributed by atoms with Gasteiger partial charge in [0.05, 0.1) is 43.7 Å². The number of rotatable bonds is 8. The van der Waals surface area contributed by atoms with E-state index in [9.17, 15) is 19.8 Å². The van der Waals surface area contributed by atoms with Gasteiger partial charge in [0.1, 0.15) is 11.5 Å². The molecule has 0 fully saturated rings. The van der Waals surface area contributed by atoms with Crippen molar-refractivity contribution in [2.75, 3.05) is 22.9 Å². The Labute approximate surface area is 304 Å². The van der Waals surface area contributed by atoms with E-state index in [0.717, 1.165) is 91.8 Å².